The number of aromatic amines is 1. The van der Waals surface area contributed by atoms with Crippen LogP contribution in [0.25, 0.3) is 27.4 Å². The summed E-state index contributed by atoms with van der Waals surface area (Å²) < 4.78 is 1.32. The van der Waals surface area contributed by atoms with Gasteiger partial charge in [0.15, 0.2) is 0 Å². The first-order valence-corrected chi connectivity index (χ1v) is 7.38. The summed E-state index contributed by atoms with van der Waals surface area (Å²) in [6, 6.07) is 17.9. The van der Waals surface area contributed by atoms with Crippen LogP contribution >= 0.6 is 12.6 Å². The number of benzene rings is 2. The summed E-state index contributed by atoms with van der Waals surface area (Å²) in [6.07, 6.45) is 0. The maximum atomic E-state index is 11.9. The Labute approximate surface area is 134 Å². The van der Waals surface area contributed by atoms with Crippen LogP contribution < -0.4 is 5.56 Å². The molecule has 0 saturated carbocycles. The van der Waals surface area contributed by atoms with Gasteiger partial charge in [0.25, 0.3) is 5.56 Å². The number of H-pyrrole nitrogens is 1. The van der Waals surface area contributed by atoms with Crippen molar-refractivity contribution in [3.63, 3.8) is 0 Å². The Kier molecular flexibility index (Phi) is 3.77. The lowest BCUT2D eigenvalue weighted by Crippen LogP contribution is -2.11. The molecule has 0 atom stereocenters. The second-order valence-electron chi connectivity index (χ2n) is 5.16. The molecule has 0 amide bonds. The molecule has 0 radical (unpaired) electrons. The lowest BCUT2D eigenvalue weighted by Gasteiger charge is -2.07. The van der Waals surface area contributed by atoms with Crippen LogP contribution in [0.2, 0.25) is 0 Å². The molecule has 0 unspecified atom stereocenters. The smallest absolute Gasteiger partial charge is 0.272 e. The monoisotopic (exact) mass is 308 g/mol. The van der Waals surface area contributed by atoms with Gasteiger partial charge in [0, 0.05) is 11.6 Å². The van der Waals surface area contributed by atoms with Gasteiger partial charge < -0.3 is 0 Å². The Hall–Kier alpha value is -2.46. The molecule has 0 fully saturated rings. The zero-order valence-corrected chi connectivity index (χ0v) is 13.1. The van der Waals surface area contributed by atoms with Crippen LogP contribution in [-0.2, 0) is 0 Å². The van der Waals surface area contributed by atoms with E-state index in [4.69, 9.17) is 0 Å². The summed E-state index contributed by atoms with van der Waals surface area (Å²) in [5.74, 6) is 0. The van der Waals surface area contributed by atoms with Crippen molar-refractivity contribution in [3.05, 3.63) is 77.1 Å². The molecule has 0 saturated heterocycles. The minimum absolute atomic E-state index is 0.170. The number of hydrogen-bond acceptors (Lipinski definition) is 2. The third-order valence-corrected chi connectivity index (χ3v) is 3.81. The van der Waals surface area contributed by atoms with Crippen molar-refractivity contribution in [3.8, 4) is 22.4 Å². The first kappa shape index (κ1) is 14.5. The molecule has 2 aromatic carbocycles. The predicted molar refractivity (Wildman–Crippen MR) is 95.0 cm³/mol. The number of aryl methyl sites for hydroxylation is 1. The molecule has 0 spiro atoms. The highest BCUT2D eigenvalue weighted by atomic mass is 32.1. The number of rotatable bonds is 3. The molecule has 3 nitrogen and oxygen atoms in total. The zero-order chi connectivity index (χ0) is 15.7. The van der Waals surface area contributed by atoms with Gasteiger partial charge in [-0.1, -0.05) is 49.0 Å². The number of hydrogen-bond donors (Lipinski definition) is 2. The third kappa shape index (κ3) is 2.65. The Morgan fingerprint density at radius 3 is 2.50 bits per heavy atom. The van der Waals surface area contributed by atoms with E-state index in [0.29, 0.717) is 5.03 Å². The lowest BCUT2D eigenvalue weighted by molar-refractivity contribution is 0.899. The van der Waals surface area contributed by atoms with Crippen LogP contribution in [0.5, 0.6) is 0 Å². The SMILES string of the molecule is C=C(S)n1[nH]c(-c2cccc(-c3ccccc3C)c2)cc1=O. The van der Waals surface area contributed by atoms with E-state index in [0.717, 1.165) is 16.8 Å². The lowest BCUT2D eigenvalue weighted by atomic mass is 9.98. The van der Waals surface area contributed by atoms with Gasteiger partial charge in [0.2, 0.25) is 0 Å². The van der Waals surface area contributed by atoms with Crippen molar-refractivity contribution in [2.24, 2.45) is 0 Å². The molecule has 3 rings (SSSR count). The van der Waals surface area contributed by atoms with Gasteiger partial charge in [-0.2, -0.15) is 0 Å². The molecule has 0 bridgehead atoms. The van der Waals surface area contributed by atoms with E-state index >= 15 is 0 Å². The second-order valence-corrected chi connectivity index (χ2v) is 5.67. The zero-order valence-electron chi connectivity index (χ0n) is 12.2. The van der Waals surface area contributed by atoms with Crippen molar-refractivity contribution in [1.29, 1.82) is 0 Å². The van der Waals surface area contributed by atoms with E-state index in [1.165, 1.54) is 15.8 Å². The molecule has 0 aliphatic heterocycles. The van der Waals surface area contributed by atoms with E-state index in [1.54, 1.807) is 6.07 Å². The minimum Gasteiger partial charge on any atom is -0.290 e. The highest BCUT2D eigenvalue weighted by Crippen LogP contribution is 2.27. The van der Waals surface area contributed by atoms with Crippen LogP contribution in [0.4, 0.5) is 0 Å². The summed E-state index contributed by atoms with van der Waals surface area (Å²) in [7, 11) is 0. The standard InChI is InChI=1S/C18H16N2OS/c1-12-6-3-4-9-16(12)14-7-5-8-15(10-14)17-11-18(21)20(19-17)13(2)22/h3-11,19,22H,2H2,1H3. The fourth-order valence-electron chi connectivity index (χ4n) is 2.49. The molecular formula is C18H16N2OS. The van der Waals surface area contributed by atoms with Crippen LogP contribution in [-0.4, -0.2) is 9.78 Å². The molecule has 0 aliphatic carbocycles. The molecule has 110 valence electrons. The predicted octanol–water partition coefficient (Wildman–Crippen LogP) is 4.18. The Balaban J connectivity index is 2.09. The van der Waals surface area contributed by atoms with Gasteiger partial charge in [-0.05, 0) is 29.7 Å². The van der Waals surface area contributed by atoms with Crippen LogP contribution in [0.3, 0.4) is 0 Å². The maximum absolute atomic E-state index is 11.9. The number of thiol groups is 1. The topological polar surface area (TPSA) is 37.8 Å². The summed E-state index contributed by atoms with van der Waals surface area (Å²) in [4.78, 5) is 11.9. The Morgan fingerprint density at radius 1 is 1.09 bits per heavy atom. The van der Waals surface area contributed by atoms with Crippen molar-refractivity contribution < 1.29 is 0 Å². The fourth-order valence-corrected chi connectivity index (χ4v) is 2.64. The largest absolute Gasteiger partial charge is 0.290 e. The minimum atomic E-state index is -0.170. The quantitative estimate of drug-likeness (QED) is 0.700. The summed E-state index contributed by atoms with van der Waals surface area (Å²) in [5.41, 5.74) is 5.05. The first-order chi connectivity index (χ1) is 10.6. The molecule has 1 heterocycles. The van der Waals surface area contributed by atoms with E-state index < -0.39 is 0 Å². The maximum Gasteiger partial charge on any atom is 0.272 e. The molecule has 1 N–H and O–H groups in total. The van der Waals surface area contributed by atoms with Gasteiger partial charge in [-0.3, -0.25) is 9.89 Å². The average Bonchev–Trinajstić information content (AvgIpc) is 2.90. The van der Waals surface area contributed by atoms with Gasteiger partial charge in [-0.25, -0.2) is 4.68 Å². The highest BCUT2D eigenvalue weighted by molar-refractivity contribution is 7.90. The van der Waals surface area contributed by atoms with Crippen molar-refractivity contribution >= 4 is 17.7 Å². The molecule has 1 aromatic heterocycles. The van der Waals surface area contributed by atoms with Crippen molar-refractivity contribution in [2.45, 2.75) is 6.92 Å². The van der Waals surface area contributed by atoms with Crippen molar-refractivity contribution in [1.82, 2.24) is 9.78 Å². The molecule has 0 aliphatic rings. The van der Waals surface area contributed by atoms with Crippen LogP contribution in [0, 0.1) is 6.92 Å². The normalized spacial score (nSPS) is 10.6. The molecule has 22 heavy (non-hydrogen) atoms. The highest BCUT2D eigenvalue weighted by Gasteiger charge is 2.08. The molecule has 4 heteroatoms. The number of nitrogens with one attached hydrogen (secondary N) is 1. The summed E-state index contributed by atoms with van der Waals surface area (Å²) in [6.45, 7) is 5.75. The second kappa shape index (κ2) is 5.73. The molecule has 3 aromatic rings. The van der Waals surface area contributed by atoms with Crippen molar-refractivity contribution in [2.75, 3.05) is 0 Å². The van der Waals surface area contributed by atoms with Crippen LogP contribution in [0.1, 0.15) is 5.56 Å². The number of aromatic nitrogens is 2. The summed E-state index contributed by atoms with van der Waals surface area (Å²) >= 11 is 4.11. The first-order valence-electron chi connectivity index (χ1n) is 6.93. The third-order valence-electron chi connectivity index (χ3n) is 3.61. The average molecular weight is 308 g/mol. The van der Waals surface area contributed by atoms with Gasteiger partial charge >= 0.3 is 0 Å². The fraction of sp³-hybridized carbons (Fsp3) is 0.0556. The van der Waals surface area contributed by atoms with E-state index in [-0.39, 0.29) is 5.56 Å². The number of nitrogens with zero attached hydrogens (tertiary/aromatic N) is 1. The van der Waals surface area contributed by atoms with E-state index in [1.807, 2.05) is 24.3 Å². The van der Waals surface area contributed by atoms with E-state index in [9.17, 15) is 4.79 Å². The van der Waals surface area contributed by atoms with E-state index in [2.05, 4.69) is 55.5 Å². The summed E-state index contributed by atoms with van der Waals surface area (Å²) in [5, 5.41) is 3.39. The Bertz CT molecular complexity index is 905. The van der Waals surface area contributed by atoms with Crippen LogP contribution in [0.15, 0.2) is 66.0 Å². The molecular weight excluding hydrogens is 292 g/mol. The van der Waals surface area contributed by atoms with Gasteiger partial charge in [0.05, 0.1) is 10.7 Å². The Morgan fingerprint density at radius 2 is 1.82 bits per heavy atom. The van der Waals surface area contributed by atoms with Gasteiger partial charge in [-0.15, -0.1) is 12.6 Å². The van der Waals surface area contributed by atoms with Gasteiger partial charge in [0.1, 0.15) is 0 Å².